The van der Waals surface area contributed by atoms with Crippen molar-refractivity contribution in [2.45, 2.75) is 13.5 Å². The van der Waals surface area contributed by atoms with Crippen LogP contribution >= 0.6 is 24.0 Å². The molecule has 1 rings (SSSR count). The van der Waals surface area contributed by atoms with Crippen LogP contribution in [-0.4, -0.2) is 31.0 Å². The Balaban J connectivity index is 0.00000324. The molecule has 0 aliphatic heterocycles. The highest BCUT2D eigenvalue weighted by Crippen LogP contribution is 2.06. The Kier molecular flexibility index (Phi) is 8.96. The SMILES string of the molecule is C#CCN=C(NCC)N(C)Cc1cccc(F)c1.I. The van der Waals surface area contributed by atoms with Gasteiger partial charge in [0.25, 0.3) is 0 Å². The van der Waals surface area contributed by atoms with Gasteiger partial charge >= 0.3 is 0 Å². The molecule has 0 unspecified atom stereocenters. The van der Waals surface area contributed by atoms with E-state index in [2.05, 4.69) is 16.2 Å². The van der Waals surface area contributed by atoms with Gasteiger partial charge in [0, 0.05) is 20.1 Å². The van der Waals surface area contributed by atoms with Crippen LogP contribution in [0.2, 0.25) is 0 Å². The number of hydrogen-bond donors (Lipinski definition) is 1. The van der Waals surface area contributed by atoms with Crippen LogP contribution in [0.5, 0.6) is 0 Å². The summed E-state index contributed by atoms with van der Waals surface area (Å²) in [6.45, 7) is 3.66. The van der Waals surface area contributed by atoms with Gasteiger partial charge in [-0.15, -0.1) is 30.4 Å². The van der Waals surface area contributed by atoms with Crippen molar-refractivity contribution in [3.05, 3.63) is 35.6 Å². The fourth-order valence-corrected chi connectivity index (χ4v) is 1.57. The lowest BCUT2D eigenvalue weighted by Gasteiger charge is -2.21. The molecule has 0 aliphatic carbocycles. The second-order valence-electron chi connectivity index (χ2n) is 3.86. The summed E-state index contributed by atoms with van der Waals surface area (Å²) >= 11 is 0. The summed E-state index contributed by atoms with van der Waals surface area (Å²) in [6, 6.07) is 6.52. The molecule has 0 amide bonds. The maximum atomic E-state index is 13.1. The third kappa shape index (κ3) is 6.43. The van der Waals surface area contributed by atoms with Gasteiger partial charge < -0.3 is 10.2 Å². The molecular formula is C14H19FIN3. The monoisotopic (exact) mass is 375 g/mol. The zero-order chi connectivity index (χ0) is 13.4. The molecule has 19 heavy (non-hydrogen) atoms. The molecule has 1 N–H and O–H groups in total. The Hall–Kier alpha value is -1.29. The summed E-state index contributed by atoms with van der Waals surface area (Å²) in [5.74, 6) is 2.96. The van der Waals surface area contributed by atoms with Crippen molar-refractivity contribution >= 4 is 29.9 Å². The molecule has 0 heterocycles. The van der Waals surface area contributed by atoms with Crippen molar-refractivity contribution in [3.63, 3.8) is 0 Å². The summed E-state index contributed by atoms with van der Waals surface area (Å²) in [6.07, 6.45) is 5.19. The van der Waals surface area contributed by atoms with Gasteiger partial charge in [-0.3, -0.25) is 0 Å². The fraction of sp³-hybridized carbons (Fsp3) is 0.357. The molecule has 0 bridgehead atoms. The van der Waals surface area contributed by atoms with Gasteiger partial charge in [-0.25, -0.2) is 9.38 Å². The normalized spacial score (nSPS) is 10.3. The molecule has 1 aromatic rings. The highest BCUT2D eigenvalue weighted by molar-refractivity contribution is 14.0. The van der Waals surface area contributed by atoms with Crippen molar-refractivity contribution in [1.82, 2.24) is 10.2 Å². The summed E-state index contributed by atoms with van der Waals surface area (Å²) in [7, 11) is 1.89. The first kappa shape index (κ1) is 17.7. The number of aliphatic imine (C=N–C) groups is 1. The lowest BCUT2D eigenvalue weighted by Crippen LogP contribution is -2.38. The largest absolute Gasteiger partial charge is 0.356 e. The van der Waals surface area contributed by atoms with Crippen LogP contribution < -0.4 is 5.32 Å². The van der Waals surface area contributed by atoms with E-state index < -0.39 is 0 Å². The summed E-state index contributed by atoms with van der Waals surface area (Å²) in [5.41, 5.74) is 0.892. The van der Waals surface area contributed by atoms with Gasteiger partial charge in [-0.2, -0.15) is 0 Å². The minimum atomic E-state index is -0.230. The molecule has 0 aliphatic rings. The Labute approximate surface area is 131 Å². The summed E-state index contributed by atoms with van der Waals surface area (Å²) in [5, 5.41) is 3.14. The van der Waals surface area contributed by atoms with E-state index in [1.807, 2.05) is 24.9 Å². The molecule has 1 aromatic carbocycles. The number of terminal acetylenes is 1. The smallest absolute Gasteiger partial charge is 0.194 e. The molecule has 0 aromatic heterocycles. The molecule has 0 spiro atoms. The first-order chi connectivity index (χ1) is 8.67. The van der Waals surface area contributed by atoms with Crippen molar-refractivity contribution in [3.8, 4) is 12.3 Å². The number of nitrogens with zero attached hydrogens (tertiary/aromatic N) is 2. The van der Waals surface area contributed by atoms with Crippen LogP contribution in [0, 0.1) is 18.2 Å². The minimum Gasteiger partial charge on any atom is -0.356 e. The molecule has 104 valence electrons. The number of guanidine groups is 1. The number of hydrogen-bond acceptors (Lipinski definition) is 1. The average molecular weight is 375 g/mol. The Morgan fingerprint density at radius 2 is 2.26 bits per heavy atom. The van der Waals surface area contributed by atoms with E-state index >= 15 is 0 Å². The van der Waals surface area contributed by atoms with Gasteiger partial charge in [0.05, 0.1) is 0 Å². The molecule has 0 saturated carbocycles. The Morgan fingerprint density at radius 3 is 2.84 bits per heavy atom. The number of benzene rings is 1. The second-order valence-corrected chi connectivity index (χ2v) is 3.86. The van der Waals surface area contributed by atoms with Gasteiger partial charge in [-0.1, -0.05) is 18.1 Å². The van der Waals surface area contributed by atoms with Gasteiger partial charge in [0.15, 0.2) is 5.96 Å². The van der Waals surface area contributed by atoms with Crippen LogP contribution in [0.4, 0.5) is 4.39 Å². The average Bonchev–Trinajstić information content (AvgIpc) is 2.34. The van der Waals surface area contributed by atoms with Crippen molar-refractivity contribution in [2.75, 3.05) is 20.1 Å². The number of nitrogens with one attached hydrogen (secondary N) is 1. The Morgan fingerprint density at radius 1 is 1.53 bits per heavy atom. The van der Waals surface area contributed by atoms with E-state index in [0.717, 1.165) is 18.1 Å². The maximum absolute atomic E-state index is 13.1. The van der Waals surface area contributed by atoms with E-state index in [1.54, 1.807) is 6.07 Å². The number of halogens is 2. The summed E-state index contributed by atoms with van der Waals surface area (Å²) < 4.78 is 13.1. The first-order valence-electron chi connectivity index (χ1n) is 5.84. The van der Waals surface area contributed by atoms with E-state index in [-0.39, 0.29) is 29.8 Å². The van der Waals surface area contributed by atoms with Crippen molar-refractivity contribution < 1.29 is 4.39 Å². The zero-order valence-electron chi connectivity index (χ0n) is 11.2. The van der Waals surface area contributed by atoms with Crippen LogP contribution in [0.3, 0.4) is 0 Å². The standard InChI is InChI=1S/C14H18FN3.HI/c1-4-9-17-14(16-5-2)18(3)11-12-7-6-8-13(15)10-12;/h1,6-8,10H,5,9,11H2,2-3H3,(H,16,17);1H. The predicted molar refractivity (Wildman–Crippen MR) is 88.1 cm³/mol. The molecule has 5 heteroatoms. The fourth-order valence-electron chi connectivity index (χ4n) is 1.57. The van der Waals surface area contributed by atoms with Gasteiger partial charge in [-0.05, 0) is 24.6 Å². The first-order valence-corrected chi connectivity index (χ1v) is 5.84. The van der Waals surface area contributed by atoms with Gasteiger partial charge in [0.2, 0.25) is 0 Å². The quantitative estimate of drug-likeness (QED) is 0.379. The number of rotatable bonds is 4. The van der Waals surface area contributed by atoms with E-state index in [1.165, 1.54) is 12.1 Å². The van der Waals surface area contributed by atoms with Crippen LogP contribution in [0.1, 0.15) is 12.5 Å². The molecule has 3 nitrogen and oxygen atoms in total. The molecule has 0 saturated heterocycles. The van der Waals surface area contributed by atoms with Crippen LogP contribution in [0.15, 0.2) is 29.3 Å². The maximum Gasteiger partial charge on any atom is 0.194 e. The lowest BCUT2D eigenvalue weighted by molar-refractivity contribution is 0.476. The predicted octanol–water partition coefficient (Wildman–Crippen LogP) is 2.47. The molecular weight excluding hydrogens is 356 g/mol. The highest BCUT2D eigenvalue weighted by atomic mass is 127. The topological polar surface area (TPSA) is 27.6 Å². The zero-order valence-corrected chi connectivity index (χ0v) is 13.5. The van der Waals surface area contributed by atoms with Crippen molar-refractivity contribution in [1.29, 1.82) is 0 Å². The van der Waals surface area contributed by atoms with Crippen molar-refractivity contribution in [2.24, 2.45) is 4.99 Å². The van der Waals surface area contributed by atoms with Gasteiger partial charge in [0.1, 0.15) is 12.4 Å². The third-order valence-corrected chi connectivity index (χ3v) is 2.33. The second kappa shape index (κ2) is 9.62. The van der Waals surface area contributed by atoms with Crippen LogP contribution in [0.25, 0.3) is 0 Å². The van der Waals surface area contributed by atoms with E-state index in [9.17, 15) is 4.39 Å². The lowest BCUT2D eigenvalue weighted by atomic mass is 10.2. The highest BCUT2D eigenvalue weighted by Gasteiger charge is 2.06. The molecule has 0 atom stereocenters. The van der Waals surface area contributed by atoms with E-state index in [0.29, 0.717) is 13.1 Å². The molecule has 0 fully saturated rings. The van der Waals surface area contributed by atoms with Crippen LogP contribution in [-0.2, 0) is 6.54 Å². The molecule has 0 radical (unpaired) electrons. The Bertz CT molecular complexity index is 454. The third-order valence-electron chi connectivity index (χ3n) is 2.33. The minimum absolute atomic E-state index is 0. The van der Waals surface area contributed by atoms with E-state index in [4.69, 9.17) is 6.42 Å². The summed E-state index contributed by atoms with van der Waals surface area (Å²) in [4.78, 5) is 6.16.